The van der Waals surface area contributed by atoms with Gasteiger partial charge in [-0.15, -0.1) is 0 Å². The van der Waals surface area contributed by atoms with Crippen molar-refractivity contribution < 1.29 is 26.7 Å². The predicted octanol–water partition coefficient (Wildman–Crippen LogP) is 7.38. The van der Waals surface area contributed by atoms with Crippen LogP contribution in [-0.2, 0) is 29.2 Å². The van der Waals surface area contributed by atoms with Gasteiger partial charge in [0.15, 0.2) is 0 Å². The summed E-state index contributed by atoms with van der Waals surface area (Å²) in [5, 5.41) is 20.7. The van der Waals surface area contributed by atoms with Crippen LogP contribution in [0.1, 0.15) is 35.6 Å². The Balaban J connectivity index is 1.79. The van der Waals surface area contributed by atoms with Crippen LogP contribution in [0.4, 0.5) is 13.2 Å². The van der Waals surface area contributed by atoms with Crippen molar-refractivity contribution in [3.05, 3.63) is 103 Å². The topological polar surface area (TPSA) is 114 Å². The molecule has 0 fully saturated rings. The van der Waals surface area contributed by atoms with Crippen molar-refractivity contribution in [2.45, 2.75) is 37.4 Å². The van der Waals surface area contributed by atoms with Gasteiger partial charge < -0.3 is 10.1 Å². The lowest BCUT2D eigenvalue weighted by Crippen LogP contribution is -2.26. The summed E-state index contributed by atoms with van der Waals surface area (Å²) in [6.45, 7) is 1.70. The Morgan fingerprint density at radius 1 is 1.00 bits per heavy atom. The molecule has 0 bridgehead atoms. The molecule has 0 atom stereocenters. The van der Waals surface area contributed by atoms with E-state index >= 15 is 0 Å². The molecule has 2 N–H and O–H groups in total. The highest BCUT2D eigenvalue weighted by Gasteiger charge is 2.32. The average Bonchev–Trinajstić information content (AvgIpc) is 2.94. The lowest BCUT2D eigenvalue weighted by molar-refractivity contribution is -0.137. The van der Waals surface area contributed by atoms with E-state index in [9.17, 15) is 36.8 Å². The molecule has 4 aromatic rings. The Morgan fingerprint density at radius 3 is 2.28 bits per heavy atom. The van der Waals surface area contributed by atoms with Crippen LogP contribution in [0.2, 0.25) is 10.0 Å². The Labute approximate surface area is 255 Å². The van der Waals surface area contributed by atoms with Crippen LogP contribution in [0.5, 0.6) is 5.75 Å². The van der Waals surface area contributed by atoms with Gasteiger partial charge in [0.05, 0.1) is 16.2 Å². The van der Waals surface area contributed by atoms with E-state index in [1.165, 1.54) is 37.4 Å². The summed E-state index contributed by atoms with van der Waals surface area (Å²) in [5.41, 5.74) is -1.99. The van der Waals surface area contributed by atoms with Crippen LogP contribution in [0.3, 0.4) is 0 Å². The van der Waals surface area contributed by atoms with Gasteiger partial charge in [-0.05, 0) is 60.5 Å². The molecule has 0 aliphatic rings. The summed E-state index contributed by atoms with van der Waals surface area (Å²) in [6, 6.07) is 14.5. The number of nitrogens with one attached hydrogen (secondary N) is 1. The van der Waals surface area contributed by atoms with E-state index in [1.807, 2.05) is 6.92 Å². The van der Waals surface area contributed by atoms with Crippen molar-refractivity contribution in [1.29, 1.82) is 5.26 Å². The van der Waals surface area contributed by atoms with Gasteiger partial charge in [0.2, 0.25) is 10.0 Å². The highest BCUT2D eigenvalue weighted by molar-refractivity contribution is 7.89. The largest absolute Gasteiger partial charge is 0.507 e. The summed E-state index contributed by atoms with van der Waals surface area (Å²) in [6.07, 6.45) is -3.02. The molecular formula is C30H24Cl2F3N3O4S. The summed E-state index contributed by atoms with van der Waals surface area (Å²) in [4.78, 5) is 15.4. The Kier molecular flexibility index (Phi) is 9.27. The lowest BCUT2D eigenvalue weighted by atomic mass is 9.96. The second-order valence-electron chi connectivity index (χ2n) is 9.72. The van der Waals surface area contributed by atoms with E-state index in [4.69, 9.17) is 23.2 Å². The van der Waals surface area contributed by atoms with Crippen molar-refractivity contribution in [3.8, 4) is 34.2 Å². The van der Waals surface area contributed by atoms with Gasteiger partial charge in [-0.25, -0.2) is 8.42 Å². The first-order valence-electron chi connectivity index (χ1n) is 12.8. The molecule has 0 spiro atoms. The predicted molar refractivity (Wildman–Crippen MR) is 158 cm³/mol. The van der Waals surface area contributed by atoms with E-state index < -0.39 is 38.6 Å². The van der Waals surface area contributed by atoms with Crippen molar-refractivity contribution in [3.63, 3.8) is 0 Å². The number of nitriles is 1. The van der Waals surface area contributed by atoms with Gasteiger partial charge in [-0.1, -0.05) is 48.7 Å². The molecule has 43 heavy (non-hydrogen) atoms. The molecule has 3 aromatic carbocycles. The Morgan fingerprint density at radius 2 is 1.67 bits per heavy atom. The van der Waals surface area contributed by atoms with Gasteiger partial charge in [-0.3, -0.25) is 4.79 Å². The van der Waals surface area contributed by atoms with Gasteiger partial charge in [-0.2, -0.15) is 22.7 Å². The number of pyridine rings is 1. The lowest BCUT2D eigenvalue weighted by Gasteiger charge is -2.20. The van der Waals surface area contributed by atoms with Crippen LogP contribution < -0.4 is 5.56 Å². The number of hydrogen-bond donors (Lipinski definition) is 2. The maximum absolute atomic E-state index is 13.4. The quantitative estimate of drug-likeness (QED) is 0.207. The monoisotopic (exact) mass is 649 g/mol. The second-order valence-corrected chi connectivity index (χ2v) is 12.6. The number of alkyl halides is 3. The van der Waals surface area contributed by atoms with Crippen LogP contribution in [0.15, 0.2) is 70.4 Å². The van der Waals surface area contributed by atoms with Gasteiger partial charge >= 0.3 is 6.18 Å². The first kappa shape index (κ1) is 32.1. The number of benzene rings is 3. The Bertz CT molecular complexity index is 1900. The number of nitrogens with zero attached hydrogens (tertiary/aromatic N) is 2. The molecule has 1 aromatic heterocycles. The third-order valence-corrected chi connectivity index (χ3v) is 9.10. The summed E-state index contributed by atoms with van der Waals surface area (Å²) in [7, 11) is -2.65. The minimum absolute atomic E-state index is 0.0515. The van der Waals surface area contributed by atoms with Crippen molar-refractivity contribution in [2.24, 2.45) is 0 Å². The van der Waals surface area contributed by atoms with Gasteiger partial charge in [0.25, 0.3) is 5.56 Å². The summed E-state index contributed by atoms with van der Waals surface area (Å²) < 4.78 is 67.8. The normalized spacial score (nSPS) is 12.0. The number of hydrogen-bond acceptors (Lipinski definition) is 5. The molecule has 1 heterocycles. The standard InChI is InChI=1S/C30H24Cl2F3N3O4S/c1-3-4-17-5-8-21(9-6-17)43(41,42)38(2)16-18-11-20(31)13-24(28(18)39)27-14-22(25(15-36)29(40)37-27)23-12-19(30(33,34)35)7-10-26(23)32/h5-14,39H,3-4,16H2,1-2H3,(H,37,40). The third-order valence-electron chi connectivity index (χ3n) is 6.74. The van der Waals surface area contributed by atoms with Gasteiger partial charge in [0, 0.05) is 45.9 Å². The van der Waals surface area contributed by atoms with E-state index in [2.05, 4.69) is 4.98 Å². The zero-order chi connectivity index (χ0) is 31.7. The number of H-pyrrole nitrogens is 1. The number of aromatic amines is 1. The molecule has 0 aliphatic heterocycles. The molecule has 0 radical (unpaired) electrons. The van der Waals surface area contributed by atoms with Crippen LogP contribution in [0, 0.1) is 11.3 Å². The number of aromatic nitrogens is 1. The third kappa shape index (κ3) is 6.73. The van der Waals surface area contributed by atoms with Crippen LogP contribution in [-0.4, -0.2) is 29.9 Å². The molecule has 0 saturated carbocycles. The minimum atomic E-state index is -4.72. The molecule has 7 nitrogen and oxygen atoms in total. The first-order valence-corrected chi connectivity index (χ1v) is 15.0. The maximum atomic E-state index is 13.4. The minimum Gasteiger partial charge on any atom is -0.507 e. The fourth-order valence-corrected chi connectivity index (χ4v) is 6.15. The van der Waals surface area contributed by atoms with Crippen LogP contribution in [0.25, 0.3) is 22.4 Å². The zero-order valence-electron chi connectivity index (χ0n) is 22.8. The maximum Gasteiger partial charge on any atom is 0.416 e. The fraction of sp³-hybridized carbons (Fsp3) is 0.200. The first-order chi connectivity index (χ1) is 20.2. The smallest absolute Gasteiger partial charge is 0.416 e. The SMILES string of the molecule is CCCc1ccc(S(=O)(=O)N(C)Cc2cc(Cl)cc(-c3cc(-c4cc(C(F)(F)F)ccc4Cl)c(C#N)c(=O)[nH]3)c2O)cc1. The number of phenols is 1. The molecule has 13 heteroatoms. The fourth-order valence-electron chi connectivity index (χ4n) is 4.54. The van der Waals surface area contributed by atoms with E-state index in [1.54, 1.807) is 18.2 Å². The average molecular weight is 651 g/mol. The Hall–Kier alpha value is -3.82. The van der Waals surface area contributed by atoms with E-state index in [0.717, 1.165) is 40.9 Å². The highest BCUT2D eigenvalue weighted by atomic mass is 35.5. The molecular weight excluding hydrogens is 626 g/mol. The molecule has 224 valence electrons. The summed E-state index contributed by atoms with van der Waals surface area (Å²) in [5.74, 6) is -0.439. The number of halogens is 5. The van der Waals surface area contributed by atoms with Crippen molar-refractivity contribution >= 4 is 33.2 Å². The molecule has 0 unspecified atom stereocenters. The second kappa shape index (κ2) is 12.4. The van der Waals surface area contributed by atoms with Crippen molar-refractivity contribution in [2.75, 3.05) is 7.05 Å². The number of phenolic OH excluding ortho intramolecular Hbond substituents is 1. The van der Waals surface area contributed by atoms with Crippen LogP contribution >= 0.6 is 23.2 Å². The van der Waals surface area contributed by atoms with Crippen molar-refractivity contribution in [1.82, 2.24) is 9.29 Å². The number of sulfonamides is 1. The number of rotatable bonds is 8. The number of aryl methyl sites for hydroxylation is 1. The molecule has 0 amide bonds. The van der Waals surface area contributed by atoms with Gasteiger partial charge in [0.1, 0.15) is 17.4 Å². The zero-order valence-corrected chi connectivity index (χ0v) is 25.1. The molecule has 0 saturated heterocycles. The van der Waals surface area contributed by atoms with E-state index in [0.29, 0.717) is 0 Å². The molecule has 0 aliphatic carbocycles. The summed E-state index contributed by atoms with van der Waals surface area (Å²) >= 11 is 12.5. The highest BCUT2D eigenvalue weighted by Crippen LogP contribution is 2.40. The number of aromatic hydroxyl groups is 1. The molecule has 4 rings (SSSR count). The van der Waals surface area contributed by atoms with E-state index in [-0.39, 0.29) is 49.4 Å².